The summed E-state index contributed by atoms with van der Waals surface area (Å²) < 4.78 is 10.9. The summed E-state index contributed by atoms with van der Waals surface area (Å²) >= 11 is 16.2. The van der Waals surface area contributed by atoms with Gasteiger partial charge in [-0.25, -0.2) is 0 Å². The molecule has 112 valence electrons. The number of halogens is 3. The van der Waals surface area contributed by atoms with E-state index in [0.717, 1.165) is 31.4 Å². The minimum Gasteiger partial charge on any atom is -0.495 e. The van der Waals surface area contributed by atoms with Gasteiger partial charge < -0.3 is 9.47 Å². The molecule has 1 aliphatic rings. The first-order chi connectivity index (χ1) is 9.61. The maximum absolute atomic E-state index is 6.30. The van der Waals surface area contributed by atoms with Crippen LogP contribution in [0.15, 0.2) is 12.1 Å². The highest BCUT2D eigenvalue weighted by Gasteiger charge is 2.19. The Morgan fingerprint density at radius 2 is 2.15 bits per heavy atom. The Balaban J connectivity index is 1.97. The van der Waals surface area contributed by atoms with Crippen LogP contribution in [0.1, 0.15) is 42.5 Å². The predicted molar refractivity (Wildman–Crippen MR) is 87.5 cm³/mol. The van der Waals surface area contributed by atoms with Crippen LogP contribution < -0.4 is 4.74 Å². The summed E-state index contributed by atoms with van der Waals surface area (Å²) in [4.78, 5) is 0.184. The van der Waals surface area contributed by atoms with Crippen molar-refractivity contribution in [2.24, 2.45) is 0 Å². The SMILES string of the molecule is COc1cc(Cl)c(C(Br)CCC2CCCCO2)cc1Cl. The van der Waals surface area contributed by atoms with E-state index in [1.54, 1.807) is 13.2 Å². The maximum atomic E-state index is 6.30. The van der Waals surface area contributed by atoms with Crippen molar-refractivity contribution in [3.05, 3.63) is 27.7 Å². The van der Waals surface area contributed by atoms with Gasteiger partial charge in [-0.15, -0.1) is 0 Å². The molecule has 0 saturated carbocycles. The van der Waals surface area contributed by atoms with Crippen LogP contribution >= 0.6 is 39.1 Å². The summed E-state index contributed by atoms with van der Waals surface area (Å²) in [5.41, 5.74) is 1.01. The molecule has 1 heterocycles. The van der Waals surface area contributed by atoms with Crippen molar-refractivity contribution in [1.29, 1.82) is 0 Å². The highest BCUT2D eigenvalue weighted by molar-refractivity contribution is 9.09. The summed E-state index contributed by atoms with van der Waals surface area (Å²) in [7, 11) is 1.59. The number of ether oxygens (including phenoxy) is 2. The fourth-order valence-corrected chi connectivity index (χ4v) is 3.77. The minimum absolute atomic E-state index is 0.184. The molecule has 0 aliphatic carbocycles. The lowest BCUT2D eigenvalue weighted by Gasteiger charge is -2.23. The average molecular weight is 382 g/mol. The van der Waals surface area contributed by atoms with E-state index in [9.17, 15) is 0 Å². The van der Waals surface area contributed by atoms with Gasteiger partial charge in [-0.3, -0.25) is 0 Å². The van der Waals surface area contributed by atoms with E-state index < -0.39 is 0 Å². The Morgan fingerprint density at radius 3 is 2.80 bits per heavy atom. The highest BCUT2D eigenvalue weighted by Crippen LogP contribution is 2.39. The van der Waals surface area contributed by atoms with Gasteiger partial charge in [-0.2, -0.15) is 0 Å². The molecule has 0 N–H and O–H groups in total. The Morgan fingerprint density at radius 1 is 1.35 bits per heavy atom. The van der Waals surface area contributed by atoms with Crippen molar-refractivity contribution in [3.63, 3.8) is 0 Å². The van der Waals surface area contributed by atoms with Crippen LogP contribution in [0.3, 0.4) is 0 Å². The largest absolute Gasteiger partial charge is 0.495 e. The normalized spacial score (nSPS) is 20.7. The molecule has 1 aromatic rings. The number of methoxy groups -OCH3 is 1. The van der Waals surface area contributed by atoms with E-state index >= 15 is 0 Å². The quantitative estimate of drug-likeness (QED) is 0.601. The van der Waals surface area contributed by atoms with Crippen LogP contribution in [0.5, 0.6) is 5.75 Å². The van der Waals surface area contributed by atoms with Crippen molar-refractivity contribution in [1.82, 2.24) is 0 Å². The second kappa shape index (κ2) is 7.88. The topological polar surface area (TPSA) is 18.5 Å². The van der Waals surface area contributed by atoms with E-state index in [-0.39, 0.29) is 4.83 Å². The van der Waals surface area contributed by atoms with Crippen LogP contribution in [0.25, 0.3) is 0 Å². The summed E-state index contributed by atoms with van der Waals surface area (Å²) in [6, 6.07) is 3.65. The molecule has 1 fully saturated rings. The Labute approximate surface area is 138 Å². The zero-order valence-corrected chi connectivity index (χ0v) is 14.6. The fraction of sp³-hybridized carbons (Fsp3) is 0.600. The van der Waals surface area contributed by atoms with Crippen LogP contribution in [0.2, 0.25) is 10.0 Å². The standard InChI is InChI=1S/C15H19BrCl2O2/c1-19-15-9-13(17)11(8-14(15)18)12(16)6-5-10-4-2-3-7-20-10/h8-10,12H,2-7H2,1H3. The molecule has 0 radical (unpaired) electrons. The smallest absolute Gasteiger partial charge is 0.138 e. The second-order valence-corrected chi connectivity index (χ2v) is 6.96. The van der Waals surface area contributed by atoms with Gasteiger partial charge in [0.1, 0.15) is 5.75 Å². The first-order valence-electron chi connectivity index (χ1n) is 6.90. The Kier molecular flexibility index (Phi) is 6.47. The van der Waals surface area contributed by atoms with Gasteiger partial charge in [-0.05, 0) is 43.7 Å². The monoisotopic (exact) mass is 380 g/mol. The molecule has 2 rings (SSSR count). The fourth-order valence-electron chi connectivity index (χ4n) is 2.46. The van der Waals surface area contributed by atoms with Crippen molar-refractivity contribution in [2.75, 3.05) is 13.7 Å². The van der Waals surface area contributed by atoms with Crippen LogP contribution in [-0.2, 0) is 4.74 Å². The number of hydrogen-bond acceptors (Lipinski definition) is 2. The molecule has 1 aliphatic heterocycles. The van der Waals surface area contributed by atoms with Gasteiger partial charge in [0, 0.05) is 22.5 Å². The number of alkyl halides is 1. The molecule has 0 amide bonds. The zero-order valence-electron chi connectivity index (χ0n) is 11.5. The minimum atomic E-state index is 0.184. The third kappa shape index (κ3) is 4.27. The lowest BCUT2D eigenvalue weighted by Crippen LogP contribution is -2.19. The van der Waals surface area contributed by atoms with E-state index in [4.69, 9.17) is 32.7 Å². The molecular formula is C15H19BrCl2O2. The third-order valence-corrected chi connectivity index (χ3v) is 5.20. The van der Waals surface area contributed by atoms with Crippen LogP contribution in [0, 0.1) is 0 Å². The van der Waals surface area contributed by atoms with Gasteiger partial charge in [0.05, 0.1) is 18.2 Å². The molecule has 5 heteroatoms. The molecule has 2 unspecified atom stereocenters. The first-order valence-corrected chi connectivity index (χ1v) is 8.57. The number of benzene rings is 1. The molecule has 1 saturated heterocycles. The Hall–Kier alpha value is 0.0400. The Bertz CT molecular complexity index is 448. The van der Waals surface area contributed by atoms with Gasteiger partial charge in [0.25, 0.3) is 0 Å². The average Bonchev–Trinajstić information content (AvgIpc) is 2.47. The van der Waals surface area contributed by atoms with E-state index in [2.05, 4.69) is 15.9 Å². The zero-order chi connectivity index (χ0) is 14.5. The lowest BCUT2D eigenvalue weighted by atomic mass is 10.0. The molecule has 1 aromatic carbocycles. The maximum Gasteiger partial charge on any atom is 0.138 e. The van der Waals surface area contributed by atoms with E-state index in [1.807, 2.05) is 6.07 Å². The van der Waals surface area contributed by atoms with Crippen LogP contribution in [-0.4, -0.2) is 19.8 Å². The second-order valence-electron chi connectivity index (χ2n) is 5.04. The molecule has 0 aromatic heterocycles. The van der Waals surface area contributed by atoms with Gasteiger partial charge in [0.15, 0.2) is 0 Å². The summed E-state index contributed by atoms with van der Waals surface area (Å²) in [6.45, 7) is 0.896. The molecule has 2 nitrogen and oxygen atoms in total. The van der Waals surface area contributed by atoms with Gasteiger partial charge in [-0.1, -0.05) is 39.1 Å². The summed E-state index contributed by atoms with van der Waals surface area (Å²) in [6.07, 6.45) is 6.02. The van der Waals surface area contributed by atoms with Crippen molar-refractivity contribution in [3.8, 4) is 5.75 Å². The van der Waals surface area contributed by atoms with Crippen molar-refractivity contribution in [2.45, 2.75) is 43.0 Å². The van der Waals surface area contributed by atoms with Crippen molar-refractivity contribution >= 4 is 39.1 Å². The van der Waals surface area contributed by atoms with E-state index in [0.29, 0.717) is 21.9 Å². The summed E-state index contributed by atoms with van der Waals surface area (Å²) in [5, 5.41) is 1.27. The van der Waals surface area contributed by atoms with Gasteiger partial charge >= 0.3 is 0 Å². The first kappa shape index (κ1) is 16.4. The lowest BCUT2D eigenvalue weighted by molar-refractivity contribution is 0.0102. The molecular weight excluding hydrogens is 363 g/mol. The highest BCUT2D eigenvalue weighted by atomic mass is 79.9. The third-order valence-electron chi connectivity index (χ3n) is 3.62. The molecule has 0 bridgehead atoms. The number of hydrogen-bond donors (Lipinski definition) is 0. The molecule has 0 spiro atoms. The molecule has 2 atom stereocenters. The van der Waals surface area contributed by atoms with Crippen LogP contribution in [0.4, 0.5) is 0 Å². The summed E-state index contributed by atoms with van der Waals surface area (Å²) in [5.74, 6) is 0.607. The van der Waals surface area contributed by atoms with Gasteiger partial charge in [0.2, 0.25) is 0 Å². The van der Waals surface area contributed by atoms with Crippen molar-refractivity contribution < 1.29 is 9.47 Å². The predicted octanol–water partition coefficient (Wildman–Crippen LogP) is 5.79. The number of rotatable bonds is 5. The van der Waals surface area contributed by atoms with E-state index in [1.165, 1.54) is 12.8 Å². The molecule has 20 heavy (non-hydrogen) atoms.